The van der Waals surface area contributed by atoms with Gasteiger partial charge >= 0.3 is 0 Å². The van der Waals surface area contributed by atoms with Crippen molar-refractivity contribution in [1.29, 1.82) is 0 Å². The van der Waals surface area contributed by atoms with Crippen LogP contribution in [0.3, 0.4) is 0 Å². The molecule has 0 radical (unpaired) electrons. The van der Waals surface area contributed by atoms with Crippen molar-refractivity contribution < 1.29 is 4.79 Å². The molecule has 68 valence electrons. The average molecular weight is 167 g/mol. The predicted molar refractivity (Wildman–Crippen MR) is 51.9 cm³/mol. The zero-order valence-electron chi connectivity index (χ0n) is 8.13. The van der Waals surface area contributed by atoms with E-state index in [0.29, 0.717) is 0 Å². The van der Waals surface area contributed by atoms with Crippen molar-refractivity contribution in [2.24, 2.45) is 0 Å². The molecular weight excluding hydrogens is 150 g/mol. The number of allylic oxidation sites excluding steroid dienone is 2. The SMILES string of the molecule is C=C(CC)N(C)C/C=C/C(C)=O. The summed E-state index contributed by atoms with van der Waals surface area (Å²) in [5, 5.41) is 0. The summed E-state index contributed by atoms with van der Waals surface area (Å²) in [6.45, 7) is 8.24. The summed E-state index contributed by atoms with van der Waals surface area (Å²) >= 11 is 0. The van der Waals surface area contributed by atoms with E-state index in [0.717, 1.165) is 18.7 Å². The Kier molecular flexibility index (Phi) is 5.09. The fourth-order valence-electron chi connectivity index (χ4n) is 0.776. The van der Waals surface area contributed by atoms with Crippen LogP contribution in [0.25, 0.3) is 0 Å². The molecule has 0 atom stereocenters. The van der Waals surface area contributed by atoms with Gasteiger partial charge in [0.25, 0.3) is 0 Å². The molecule has 0 rings (SSSR count). The fourth-order valence-corrected chi connectivity index (χ4v) is 0.776. The van der Waals surface area contributed by atoms with Crippen LogP contribution in [0, 0.1) is 0 Å². The van der Waals surface area contributed by atoms with E-state index in [1.807, 2.05) is 18.0 Å². The molecule has 0 bridgehead atoms. The lowest BCUT2D eigenvalue weighted by Crippen LogP contribution is -2.16. The van der Waals surface area contributed by atoms with E-state index >= 15 is 0 Å². The topological polar surface area (TPSA) is 20.3 Å². The van der Waals surface area contributed by atoms with E-state index in [4.69, 9.17) is 0 Å². The van der Waals surface area contributed by atoms with Gasteiger partial charge in [-0.25, -0.2) is 0 Å². The second-order valence-corrected chi connectivity index (χ2v) is 2.81. The number of carbonyl (C=O) groups excluding carboxylic acids is 1. The average Bonchev–Trinajstić information content (AvgIpc) is 2.02. The van der Waals surface area contributed by atoms with E-state index < -0.39 is 0 Å². The second kappa shape index (κ2) is 5.58. The zero-order chi connectivity index (χ0) is 9.56. The molecule has 0 N–H and O–H groups in total. The third kappa shape index (κ3) is 4.72. The summed E-state index contributed by atoms with van der Waals surface area (Å²) < 4.78 is 0. The van der Waals surface area contributed by atoms with Crippen LogP contribution in [0.15, 0.2) is 24.4 Å². The number of rotatable bonds is 5. The highest BCUT2D eigenvalue weighted by Gasteiger charge is 1.95. The van der Waals surface area contributed by atoms with E-state index in [9.17, 15) is 4.79 Å². The summed E-state index contributed by atoms with van der Waals surface area (Å²) in [5.41, 5.74) is 1.09. The molecular formula is C10H17NO. The fraction of sp³-hybridized carbons (Fsp3) is 0.500. The standard InChI is InChI=1S/C10H17NO/c1-5-9(2)11(4)8-6-7-10(3)12/h6-7H,2,5,8H2,1,3-4H3/b7-6+. The minimum atomic E-state index is 0.0884. The Balaban J connectivity index is 3.78. The van der Waals surface area contributed by atoms with E-state index in [1.54, 1.807) is 13.0 Å². The van der Waals surface area contributed by atoms with Crippen molar-refractivity contribution in [3.63, 3.8) is 0 Å². The number of nitrogens with zero attached hydrogens (tertiary/aromatic N) is 1. The number of ketones is 1. The lowest BCUT2D eigenvalue weighted by atomic mass is 10.3. The molecule has 2 heteroatoms. The van der Waals surface area contributed by atoms with Gasteiger partial charge in [0, 0.05) is 19.3 Å². The maximum absolute atomic E-state index is 10.5. The van der Waals surface area contributed by atoms with Gasteiger partial charge in [-0.2, -0.15) is 0 Å². The Morgan fingerprint density at radius 1 is 1.58 bits per heavy atom. The molecule has 0 aromatic heterocycles. The van der Waals surface area contributed by atoms with Crippen molar-refractivity contribution in [3.05, 3.63) is 24.4 Å². The van der Waals surface area contributed by atoms with Crippen molar-refractivity contribution >= 4 is 5.78 Å². The predicted octanol–water partition coefficient (Wildman–Crippen LogP) is 1.99. The summed E-state index contributed by atoms with van der Waals surface area (Å²) in [6.07, 6.45) is 4.38. The Morgan fingerprint density at radius 2 is 2.17 bits per heavy atom. The molecule has 0 heterocycles. The molecule has 0 unspecified atom stereocenters. The van der Waals surface area contributed by atoms with Gasteiger partial charge in [0.2, 0.25) is 0 Å². The molecule has 0 aromatic rings. The van der Waals surface area contributed by atoms with Gasteiger partial charge < -0.3 is 4.90 Å². The first-order valence-corrected chi connectivity index (χ1v) is 4.14. The number of carbonyl (C=O) groups is 1. The molecule has 2 nitrogen and oxygen atoms in total. The van der Waals surface area contributed by atoms with Crippen molar-refractivity contribution in [1.82, 2.24) is 4.90 Å². The first kappa shape index (κ1) is 11.0. The highest BCUT2D eigenvalue weighted by molar-refractivity contribution is 5.87. The van der Waals surface area contributed by atoms with Crippen LogP contribution in [0.5, 0.6) is 0 Å². The van der Waals surface area contributed by atoms with Gasteiger partial charge in [-0.3, -0.25) is 4.79 Å². The molecule has 0 saturated carbocycles. The molecule has 0 spiro atoms. The highest BCUT2D eigenvalue weighted by atomic mass is 16.1. The van der Waals surface area contributed by atoms with Crippen LogP contribution in [-0.2, 0) is 4.79 Å². The van der Waals surface area contributed by atoms with Gasteiger partial charge in [-0.05, 0) is 19.4 Å². The number of hydrogen-bond donors (Lipinski definition) is 0. The number of likely N-dealkylation sites (N-methyl/N-ethyl adjacent to an activating group) is 1. The van der Waals surface area contributed by atoms with Crippen LogP contribution >= 0.6 is 0 Å². The zero-order valence-corrected chi connectivity index (χ0v) is 8.13. The Labute approximate surface area is 74.6 Å². The first-order chi connectivity index (χ1) is 5.57. The second-order valence-electron chi connectivity index (χ2n) is 2.81. The molecule has 0 aromatic carbocycles. The maximum atomic E-state index is 10.5. The van der Waals surface area contributed by atoms with Gasteiger partial charge in [0.1, 0.15) is 0 Å². The quantitative estimate of drug-likeness (QED) is 0.584. The number of hydrogen-bond acceptors (Lipinski definition) is 2. The summed E-state index contributed by atoms with van der Waals surface area (Å²) in [5.74, 6) is 0.0884. The molecule has 12 heavy (non-hydrogen) atoms. The normalized spacial score (nSPS) is 10.2. The van der Waals surface area contributed by atoms with Crippen LogP contribution in [0.1, 0.15) is 20.3 Å². The van der Waals surface area contributed by atoms with Crippen molar-refractivity contribution in [3.8, 4) is 0 Å². The Morgan fingerprint density at radius 3 is 2.58 bits per heavy atom. The van der Waals surface area contributed by atoms with Crippen molar-refractivity contribution in [2.45, 2.75) is 20.3 Å². The van der Waals surface area contributed by atoms with Gasteiger partial charge in [0.05, 0.1) is 0 Å². The summed E-state index contributed by atoms with van der Waals surface area (Å²) in [7, 11) is 1.97. The third-order valence-electron chi connectivity index (χ3n) is 1.68. The molecule has 0 aliphatic carbocycles. The maximum Gasteiger partial charge on any atom is 0.152 e. The van der Waals surface area contributed by atoms with Gasteiger partial charge in [-0.15, -0.1) is 0 Å². The molecule has 0 fully saturated rings. The molecule has 0 amide bonds. The van der Waals surface area contributed by atoms with Crippen LogP contribution in [0.4, 0.5) is 0 Å². The highest BCUT2D eigenvalue weighted by Crippen LogP contribution is 2.01. The lowest BCUT2D eigenvalue weighted by Gasteiger charge is -2.18. The Bertz CT molecular complexity index is 194. The molecule has 0 aliphatic heterocycles. The summed E-state index contributed by atoms with van der Waals surface area (Å²) in [4.78, 5) is 12.6. The minimum Gasteiger partial charge on any atom is -0.375 e. The first-order valence-electron chi connectivity index (χ1n) is 4.14. The van der Waals surface area contributed by atoms with E-state index in [2.05, 4.69) is 13.5 Å². The van der Waals surface area contributed by atoms with E-state index in [1.165, 1.54) is 0 Å². The monoisotopic (exact) mass is 167 g/mol. The molecule has 0 aliphatic rings. The van der Waals surface area contributed by atoms with Crippen LogP contribution in [0.2, 0.25) is 0 Å². The van der Waals surface area contributed by atoms with Crippen LogP contribution < -0.4 is 0 Å². The lowest BCUT2D eigenvalue weighted by molar-refractivity contribution is -0.112. The summed E-state index contributed by atoms with van der Waals surface area (Å²) in [6, 6.07) is 0. The smallest absolute Gasteiger partial charge is 0.152 e. The van der Waals surface area contributed by atoms with Crippen LogP contribution in [-0.4, -0.2) is 24.3 Å². The van der Waals surface area contributed by atoms with Gasteiger partial charge in [-0.1, -0.05) is 19.6 Å². The van der Waals surface area contributed by atoms with Crippen molar-refractivity contribution in [2.75, 3.05) is 13.6 Å². The largest absolute Gasteiger partial charge is 0.375 e. The third-order valence-corrected chi connectivity index (χ3v) is 1.68. The minimum absolute atomic E-state index is 0.0884. The Hall–Kier alpha value is -1.05. The molecule has 0 saturated heterocycles. The van der Waals surface area contributed by atoms with Gasteiger partial charge in [0.15, 0.2) is 5.78 Å². The van der Waals surface area contributed by atoms with E-state index in [-0.39, 0.29) is 5.78 Å².